The number of anilines is 1. The number of rotatable bonds is 4. The zero-order valence-corrected chi connectivity index (χ0v) is 13.1. The van der Waals surface area contributed by atoms with E-state index in [1.54, 1.807) is 6.21 Å². The van der Waals surface area contributed by atoms with Crippen molar-refractivity contribution in [1.29, 1.82) is 0 Å². The van der Waals surface area contributed by atoms with Crippen LogP contribution in [0.1, 0.15) is 12.5 Å². The molecule has 18 heavy (non-hydrogen) atoms. The fourth-order valence-electron chi connectivity index (χ4n) is 1.33. The largest absolute Gasteiger partial charge is 0.377 e. The summed E-state index contributed by atoms with van der Waals surface area (Å²) in [6.07, 6.45) is 1.73. The third-order valence-electron chi connectivity index (χ3n) is 2.17. The van der Waals surface area contributed by atoms with Gasteiger partial charge in [-0.3, -0.25) is 5.43 Å². The van der Waals surface area contributed by atoms with Crippen LogP contribution in [-0.2, 0) is 0 Å². The topological polar surface area (TPSA) is 39.7 Å². The molecule has 1 rings (SSSR count). The lowest BCUT2D eigenvalue weighted by Gasteiger charge is -2.14. The first-order valence-electron chi connectivity index (χ1n) is 5.58. The predicted octanol–water partition coefficient (Wildman–Crippen LogP) is 2.33. The number of thiocarbonyl (C=S) groups is 1. The van der Waals surface area contributed by atoms with Gasteiger partial charge >= 0.3 is 0 Å². The average Bonchev–Trinajstić information content (AvgIpc) is 2.29. The van der Waals surface area contributed by atoms with E-state index in [1.165, 1.54) is 0 Å². The van der Waals surface area contributed by atoms with Crippen molar-refractivity contribution >= 4 is 45.2 Å². The summed E-state index contributed by atoms with van der Waals surface area (Å²) in [5.41, 5.74) is 4.88. The van der Waals surface area contributed by atoms with Gasteiger partial charge in [-0.2, -0.15) is 5.10 Å². The maximum Gasteiger partial charge on any atom is 0.186 e. The molecule has 0 unspecified atom stereocenters. The lowest BCUT2D eigenvalue weighted by atomic mass is 10.2. The van der Waals surface area contributed by atoms with E-state index in [4.69, 9.17) is 12.2 Å². The molecule has 0 atom stereocenters. The van der Waals surface area contributed by atoms with Gasteiger partial charge in [-0.15, -0.1) is 0 Å². The Hall–Kier alpha value is -1.14. The monoisotopic (exact) mass is 328 g/mol. The normalized spacial score (nSPS) is 10.4. The predicted molar refractivity (Wildman–Crippen MR) is 85.5 cm³/mol. The van der Waals surface area contributed by atoms with Crippen LogP contribution in [0.2, 0.25) is 0 Å². The van der Waals surface area contributed by atoms with Crippen molar-refractivity contribution in [3.63, 3.8) is 0 Å². The molecule has 1 aromatic carbocycles. The molecule has 2 N–H and O–H groups in total. The molecule has 0 spiro atoms. The first-order chi connectivity index (χ1) is 8.54. The van der Waals surface area contributed by atoms with Gasteiger partial charge < -0.3 is 10.2 Å². The molecule has 0 aliphatic heterocycles. The Labute approximate surface area is 122 Å². The molecule has 0 saturated heterocycles. The van der Waals surface area contributed by atoms with Crippen molar-refractivity contribution in [3.8, 4) is 0 Å². The number of hydrogen-bond acceptors (Lipinski definition) is 3. The highest BCUT2D eigenvalue weighted by Gasteiger charge is 2.01. The average molecular weight is 329 g/mol. The van der Waals surface area contributed by atoms with Crippen LogP contribution in [0.5, 0.6) is 0 Å². The summed E-state index contributed by atoms with van der Waals surface area (Å²) < 4.78 is 1.03. The summed E-state index contributed by atoms with van der Waals surface area (Å²) in [7, 11) is 4.01. The fourth-order valence-corrected chi connectivity index (χ4v) is 2.28. The van der Waals surface area contributed by atoms with Crippen molar-refractivity contribution in [3.05, 3.63) is 28.2 Å². The minimum absolute atomic E-state index is 0.526. The maximum atomic E-state index is 5.00. The highest BCUT2D eigenvalue weighted by atomic mass is 79.9. The van der Waals surface area contributed by atoms with Gasteiger partial charge in [0.1, 0.15) is 0 Å². The molecule has 6 heteroatoms. The molecule has 98 valence electrons. The van der Waals surface area contributed by atoms with E-state index in [2.05, 4.69) is 31.8 Å². The lowest BCUT2D eigenvalue weighted by molar-refractivity contribution is 0.904. The molecular formula is C12H17BrN4S. The Morgan fingerprint density at radius 3 is 2.78 bits per heavy atom. The van der Waals surface area contributed by atoms with Crippen molar-refractivity contribution < 1.29 is 0 Å². The van der Waals surface area contributed by atoms with Gasteiger partial charge in [0.25, 0.3) is 0 Å². The molecule has 0 aliphatic carbocycles. The van der Waals surface area contributed by atoms with Crippen LogP contribution in [-0.4, -0.2) is 32.0 Å². The van der Waals surface area contributed by atoms with Gasteiger partial charge in [-0.25, -0.2) is 0 Å². The van der Waals surface area contributed by atoms with E-state index in [0.717, 1.165) is 22.3 Å². The Morgan fingerprint density at radius 2 is 2.22 bits per heavy atom. The number of benzene rings is 1. The second-order valence-corrected chi connectivity index (χ2v) is 5.10. The summed E-state index contributed by atoms with van der Waals surface area (Å²) >= 11 is 8.53. The Morgan fingerprint density at radius 1 is 1.50 bits per heavy atom. The second kappa shape index (κ2) is 7.33. The van der Waals surface area contributed by atoms with Crippen molar-refractivity contribution in [1.82, 2.24) is 10.7 Å². The molecule has 1 aromatic rings. The van der Waals surface area contributed by atoms with Gasteiger partial charge in [-0.05, 0) is 52.8 Å². The fraction of sp³-hybridized carbons (Fsp3) is 0.333. The van der Waals surface area contributed by atoms with Crippen LogP contribution < -0.4 is 15.6 Å². The highest BCUT2D eigenvalue weighted by molar-refractivity contribution is 9.10. The minimum atomic E-state index is 0.526. The van der Waals surface area contributed by atoms with Crippen molar-refractivity contribution in [2.24, 2.45) is 5.10 Å². The Kier molecular flexibility index (Phi) is 6.07. The van der Waals surface area contributed by atoms with Crippen LogP contribution in [0.15, 0.2) is 27.8 Å². The van der Waals surface area contributed by atoms with Crippen LogP contribution in [0.25, 0.3) is 0 Å². The molecular weight excluding hydrogens is 312 g/mol. The maximum absolute atomic E-state index is 5.00. The number of halogens is 1. The van der Waals surface area contributed by atoms with E-state index in [-0.39, 0.29) is 0 Å². The molecule has 0 aliphatic rings. The van der Waals surface area contributed by atoms with Gasteiger partial charge in [-0.1, -0.05) is 6.07 Å². The standard InChI is InChI=1S/C12H17BrN4S/c1-4-14-12(18)16-15-8-9-5-6-11(17(2)3)10(13)7-9/h5-8H,4H2,1-3H3,(H2,14,16,18)/b15-8-. The quantitative estimate of drug-likeness (QED) is 0.505. The van der Waals surface area contributed by atoms with Gasteiger partial charge in [0.05, 0.1) is 11.9 Å². The number of hydrazone groups is 1. The smallest absolute Gasteiger partial charge is 0.186 e. The number of nitrogens with one attached hydrogen (secondary N) is 2. The number of hydrogen-bond donors (Lipinski definition) is 2. The summed E-state index contributed by atoms with van der Waals surface area (Å²) in [4.78, 5) is 2.05. The van der Waals surface area contributed by atoms with E-state index in [0.29, 0.717) is 5.11 Å². The third kappa shape index (κ3) is 4.62. The molecule has 4 nitrogen and oxygen atoms in total. The van der Waals surface area contributed by atoms with Crippen LogP contribution in [0, 0.1) is 0 Å². The second-order valence-electron chi connectivity index (χ2n) is 3.83. The zero-order valence-electron chi connectivity index (χ0n) is 10.7. The third-order valence-corrected chi connectivity index (χ3v) is 3.04. The van der Waals surface area contributed by atoms with E-state index >= 15 is 0 Å². The molecule has 0 saturated carbocycles. The lowest BCUT2D eigenvalue weighted by Crippen LogP contribution is -2.31. The summed E-state index contributed by atoms with van der Waals surface area (Å²) in [6.45, 7) is 2.76. The van der Waals surface area contributed by atoms with Crippen molar-refractivity contribution in [2.75, 3.05) is 25.5 Å². The van der Waals surface area contributed by atoms with Crippen LogP contribution >= 0.6 is 28.1 Å². The minimum Gasteiger partial charge on any atom is -0.377 e. The SMILES string of the molecule is CCNC(=S)N/N=C\c1ccc(N(C)C)c(Br)c1. The molecule has 0 aromatic heterocycles. The highest BCUT2D eigenvalue weighted by Crippen LogP contribution is 2.25. The molecule has 0 heterocycles. The first kappa shape index (κ1) is 14.9. The van der Waals surface area contributed by atoms with E-state index < -0.39 is 0 Å². The molecule has 0 amide bonds. The van der Waals surface area contributed by atoms with Gasteiger partial charge in [0, 0.05) is 25.1 Å². The van der Waals surface area contributed by atoms with E-state index in [9.17, 15) is 0 Å². The molecule has 0 bridgehead atoms. The molecule has 0 radical (unpaired) electrons. The number of nitrogens with zero attached hydrogens (tertiary/aromatic N) is 2. The van der Waals surface area contributed by atoms with Crippen LogP contribution in [0.4, 0.5) is 5.69 Å². The Bertz CT molecular complexity index is 446. The van der Waals surface area contributed by atoms with Gasteiger partial charge in [0.2, 0.25) is 0 Å². The first-order valence-corrected chi connectivity index (χ1v) is 6.78. The summed E-state index contributed by atoms with van der Waals surface area (Å²) in [6, 6.07) is 6.05. The van der Waals surface area contributed by atoms with Crippen LogP contribution in [0.3, 0.4) is 0 Å². The molecule has 0 fully saturated rings. The summed E-state index contributed by atoms with van der Waals surface area (Å²) in [5, 5.41) is 7.55. The van der Waals surface area contributed by atoms with Crippen molar-refractivity contribution in [2.45, 2.75) is 6.92 Å². The summed E-state index contributed by atoms with van der Waals surface area (Å²) in [5.74, 6) is 0. The van der Waals surface area contributed by atoms with E-state index in [1.807, 2.05) is 44.1 Å². The Balaban J connectivity index is 2.66. The van der Waals surface area contributed by atoms with Gasteiger partial charge in [0.15, 0.2) is 5.11 Å². The zero-order chi connectivity index (χ0) is 13.5.